The topological polar surface area (TPSA) is 147 Å². The van der Waals surface area contributed by atoms with Crippen LogP contribution in [0, 0.1) is 0 Å². The SMILES string of the molecule is Nc1nc(-c2[nH]ccc2C=O)c2nnn(Cc3ccc(COC4CCOC4)cn3)c2n1. The summed E-state index contributed by atoms with van der Waals surface area (Å²) in [5.41, 5.74) is 10.0. The molecule has 1 aliphatic heterocycles. The average Bonchev–Trinajstić information content (AvgIpc) is 3.54. The van der Waals surface area contributed by atoms with Crippen LogP contribution >= 0.6 is 0 Å². The van der Waals surface area contributed by atoms with Gasteiger partial charge in [0.25, 0.3) is 0 Å². The van der Waals surface area contributed by atoms with E-state index < -0.39 is 0 Å². The fourth-order valence-electron chi connectivity index (χ4n) is 3.48. The summed E-state index contributed by atoms with van der Waals surface area (Å²) >= 11 is 0. The Bertz CT molecular complexity index is 1210. The second-order valence-corrected chi connectivity index (χ2v) is 7.23. The van der Waals surface area contributed by atoms with E-state index in [2.05, 4.69) is 30.2 Å². The third kappa shape index (κ3) is 3.88. The molecule has 1 aliphatic rings. The molecule has 4 aromatic rings. The Labute approximate surface area is 176 Å². The van der Waals surface area contributed by atoms with Crippen molar-refractivity contribution in [2.24, 2.45) is 0 Å². The Hall–Kier alpha value is -3.70. The Morgan fingerprint density at radius 2 is 2.26 bits per heavy atom. The van der Waals surface area contributed by atoms with E-state index in [0.717, 1.165) is 30.6 Å². The Kier molecular flexibility index (Phi) is 5.10. The number of aromatic nitrogens is 7. The summed E-state index contributed by atoms with van der Waals surface area (Å²) in [6.07, 6.45) is 5.26. The van der Waals surface area contributed by atoms with Crippen molar-refractivity contribution in [3.8, 4) is 11.4 Å². The number of hydrogen-bond donors (Lipinski definition) is 2. The van der Waals surface area contributed by atoms with Crippen LogP contribution in [0.3, 0.4) is 0 Å². The number of ether oxygens (including phenoxy) is 2. The van der Waals surface area contributed by atoms with Crippen LogP contribution in [-0.2, 0) is 22.6 Å². The van der Waals surface area contributed by atoms with Crippen LogP contribution in [0.2, 0.25) is 0 Å². The fourth-order valence-corrected chi connectivity index (χ4v) is 3.48. The van der Waals surface area contributed by atoms with Crippen LogP contribution in [0.4, 0.5) is 5.95 Å². The lowest BCUT2D eigenvalue weighted by Crippen LogP contribution is -2.12. The van der Waals surface area contributed by atoms with Crippen molar-refractivity contribution in [1.82, 2.24) is 34.9 Å². The number of rotatable bonds is 7. The molecule has 0 aliphatic carbocycles. The number of nitrogens with two attached hydrogens (primary N) is 1. The van der Waals surface area contributed by atoms with Gasteiger partial charge in [-0.25, -0.2) is 9.67 Å². The molecule has 1 atom stereocenters. The minimum absolute atomic E-state index is 0.0637. The summed E-state index contributed by atoms with van der Waals surface area (Å²) in [7, 11) is 0. The molecule has 5 heterocycles. The number of carbonyl (C=O) groups is 1. The van der Waals surface area contributed by atoms with Gasteiger partial charge in [-0.2, -0.15) is 4.98 Å². The van der Waals surface area contributed by atoms with Crippen LogP contribution in [0.5, 0.6) is 0 Å². The van der Waals surface area contributed by atoms with E-state index in [-0.39, 0.29) is 12.1 Å². The average molecular weight is 420 g/mol. The monoisotopic (exact) mass is 420 g/mol. The van der Waals surface area contributed by atoms with Gasteiger partial charge in [-0.15, -0.1) is 5.10 Å². The quantitative estimate of drug-likeness (QED) is 0.423. The van der Waals surface area contributed by atoms with Crippen molar-refractivity contribution in [2.75, 3.05) is 18.9 Å². The number of nitrogens with zero attached hydrogens (tertiary/aromatic N) is 6. The van der Waals surface area contributed by atoms with Crippen LogP contribution in [0.1, 0.15) is 28.0 Å². The molecule has 3 N–H and O–H groups in total. The standard InChI is InChI=1S/C20H20N8O3/c21-20-24-17(16-13(9-29)3-5-22-16)18-19(25-20)28(27-26-18)8-14-2-1-12(7-23-14)10-31-15-4-6-30-11-15/h1-3,5,7,9,15,22H,4,6,8,10-11H2,(H2,21,24,25). The lowest BCUT2D eigenvalue weighted by atomic mass is 10.2. The van der Waals surface area contributed by atoms with Gasteiger partial charge in [0.05, 0.1) is 37.3 Å². The second-order valence-electron chi connectivity index (χ2n) is 7.23. The predicted octanol–water partition coefficient (Wildman–Crippen LogP) is 1.36. The van der Waals surface area contributed by atoms with Gasteiger partial charge in [0.2, 0.25) is 5.95 Å². The Morgan fingerprint density at radius 3 is 3.03 bits per heavy atom. The number of fused-ring (bicyclic) bond motifs is 1. The molecule has 1 saturated heterocycles. The molecule has 0 amide bonds. The second kappa shape index (κ2) is 8.20. The summed E-state index contributed by atoms with van der Waals surface area (Å²) < 4.78 is 12.7. The molecule has 0 aromatic carbocycles. The number of aldehydes is 1. The Balaban J connectivity index is 1.38. The third-order valence-electron chi connectivity index (χ3n) is 5.09. The van der Waals surface area contributed by atoms with Crippen molar-refractivity contribution in [1.29, 1.82) is 0 Å². The van der Waals surface area contributed by atoms with E-state index in [1.807, 2.05) is 12.1 Å². The molecule has 31 heavy (non-hydrogen) atoms. The summed E-state index contributed by atoms with van der Waals surface area (Å²) in [4.78, 5) is 27.4. The first-order valence-corrected chi connectivity index (χ1v) is 9.84. The first-order chi connectivity index (χ1) is 15.2. The first kappa shape index (κ1) is 19.3. The molecule has 11 nitrogen and oxygen atoms in total. The van der Waals surface area contributed by atoms with Crippen LogP contribution in [0.25, 0.3) is 22.6 Å². The molecule has 0 spiro atoms. The summed E-state index contributed by atoms with van der Waals surface area (Å²) in [5, 5.41) is 8.41. The number of hydrogen-bond acceptors (Lipinski definition) is 9. The molecule has 1 unspecified atom stereocenters. The third-order valence-corrected chi connectivity index (χ3v) is 5.09. The van der Waals surface area contributed by atoms with Gasteiger partial charge in [-0.3, -0.25) is 9.78 Å². The normalized spacial score (nSPS) is 16.2. The minimum Gasteiger partial charge on any atom is -0.379 e. The highest BCUT2D eigenvalue weighted by Gasteiger charge is 2.19. The lowest BCUT2D eigenvalue weighted by Gasteiger charge is -2.10. The van der Waals surface area contributed by atoms with Crippen LogP contribution in [0.15, 0.2) is 30.6 Å². The predicted molar refractivity (Wildman–Crippen MR) is 110 cm³/mol. The van der Waals surface area contributed by atoms with Gasteiger partial charge in [0, 0.05) is 24.6 Å². The van der Waals surface area contributed by atoms with Gasteiger partial charge < -0.3 is 20.2 Å². The van der Waals surface area contributed by atoms with Crippen molar-refractivity contribution >= 4 is 23.4 Å². The molecule has 11 heteroatoms. The molecule has 4 aromatic heterocycles. The number of anilines is 1. The number of nitrogens with one attached hydrogen (secondary N) is 1. The lowest BCUT2D eigenvalue weighted by molar-refractivity contribution is 0.0316. The van der Waals surface area contributed by atoms with Gasteiger partial charge in [0.1, 0.15) is 5.69 Å². The summed E-state index contributed by atoms with van der Waals surface area (Å²) in [6.45, 7) is 2.25. The highest BCUT2D eigenvalue weighted by Crippen LogP contribution is 2.26. The number of pyridine rings is 1. The highest BCUT2D eigenvalue weighted by molar-refractivity contribution is 5.93. The van der Waals surface area contributed by atoms with Gasteiger partial charge in [-0.1, -0.05) is 11.3 Å². The zero-order valence-corrected chi connectivity index (χ0v) is 16.6. The zero-order valence-electron chi connectivity index (χ0n) is 16.6. The summed E-state index contributed by atoms with van der Waals surface area (Å²) in [5.74, 6) is 0.0637. The molecule has 5 rings (SSSR count). The molecule has 0 saturated carbocycles. The van der Waals surface area contributed by atoms with Crippen molar-refractivity contribution in [2.45, 2.75) is 25.7 Å². The minimum atomic E-state index is 0.0637. The summed E-state index contributed by atoms with van der Waals surface area (Å²) in [6, 6.07) is 5.55. The smallest absolute Gasteiger partial charge is 0.222 e. The number of H-pyrrole nitrogens is 1. The number of nitrogen functional groups attached to an aromatic ring is 1. The van der Waals surface area contributed by atoms with Crippen LogP contribution in [-0.4, -0.2) is 60.5 Å². The van der Waals surface area contributed by atoms with Crippen molar-refractivity contribution in [3.63, 3.8) is 0 Å². The number of aromatic amines is 1. The Morgan fingerprint density at radius 1 is 1.32 bits per heavy atom. The largest absolute Gasteiger partial charge is 0.379 e. The maximum absolute atomic E-state index is 11.3. The van der Waals surface area contributed by atoms with E-state index in [1.54, 1.807) is 23.1 Å². The highest BCUT2D eigenvalue weighted by atomic mass is 16.5. The molecule has 1 fully saturated rings. The van der Waals surface area contributed by atoms with Crippen LogP contribution < -0.4 is 5.73 Å². The molecule has 158 valence electrons. The van der Waals surface area contributed by atoms with E-state index in [4.69, 9.17) is 15.2 Å². The van der Waals surface area contributed by atoms with Gasteiger partial charge in [-0.05, 0) is 24.1 Å². The maximum atomic E-state index is 11.3. The zero-order chi connectivity index (χ0) is 21.2. The molecule has 0 bridgehead atoms. The number of carbonyl (C=O) groups excluding carboxylic acids is 1. The first-order valence-electron chi connectivity index (χ1n) is 9.84. The maximum Gasteiger partial charge on any atom is 0.222 e. The van der Waals surface area contributed by atoms with E-state index in [0.29, 0.717) is 47.9 Å². The van der Waals surface area contributed by atoms with E-state index in [1.165, 1.54) is 0 Å². The fraction of sp³-hybridized carbons (Fsp3) is 0.300. The molecular formula is C20H20N8O3. The van der Waals surface area contributed by atoms with Gasteiger partial charge >= 0.3 is 0 Å². The molecular weight excluding hydrogens is 400 g/mol. The van der Waals surface area contributed by atoms with Crippen molar-refractivity contribution < 1.29 is 14.3 Å². The molecule has 0 radical (unpaired) electrons. The van der Waals surface area contributed by atoms with E-state index >= 15 is 0 Å². The van der Waals surface area contributed by atoms with Gasteiger partial charge in [0.15, 0.2) is 17.5 Å². The van der Waals surface area contributed by atoms with Crippen molar-refractivity contribution in [3.05, 3.63) is 47.4 Å². The van der Waals surface area contributed by atoms with E-state index in [9.17, 15) is 4.79 Å².